The number of aryl methyl sites for hydroxylation is 3. The molecule has 0 amide bonds. The van der Waals surface area contributed by atoms with E-state index in [0.717, 1.165) is 22.6 Å². The largest absolute Gasteiger partial charge is 0.282 e. The van der Waals surface area contributed by atoms with Crippen LogP contribution in [0.2, 0.25) is 0 Å². The zero-order chi connectivity index (χ0) is 22.2. The third kappa shape index (κ3) is 4.36. The van der Waals surface area contributed by atoms with E-state index >= 15 is 0 Å². The first-order valence-corrected chi connectivity index (χ1v) is 12.1. The predicted octanol–water partition coefficient (Wildman–Crippen LogP) is 3.29. The molecule has 1 fully saturated rings. The Morgan fingerprint density at radius 1 is 0.968 bits per heavy atom. The molecule has 0 radical (unpaired) electrons. The quantitative estimate of drug-likeness (QED) is 0.550. The molecule has 164 valence electrons. The van der Waals surface area contributed by atoms with E-state index in [2.05, 4.69) is 10.00 Å². The van der Waals surface area contributed by atoms with Gasteiger partial charge in [0, 0.05) is 31.9 Å². The molecule has 0 spiro atoms. The van der Waals surface area contributed by atoms with Crippen molar-refractivity contribution in [2.24, 2.45) is 0 Å². The molecule has 2 aromatic carbocycles. The molecule has 3 aromatic rings. The lowest BCUT2D eigenvalue weighted by Gasteiger charge is -2.34. The van der Waals surface area contributed by atoms with Gasteiger partial charge in [0.2, 0.25) is 14.8 Å². The van der Waals surface area contributed by atoms with Gasteiger partial charge in [-0.2, -0.15) is 9.40 Å². The fraction of sp³-hybridized carbons (Fsp3) is 0.364. The van der Waals surface area contributed by atoms with Crippen LogP contribution in [0.5, 0.6) is 0 Å². The van der Waals surface area contributed by atoms with Crippen LogP contribution >= 0.6 is 12.2 Å². The van der Waals surface area contributed by atoms with Gasteiger partial charge >= 0.3 is 0 Å². The van der Waals surface area contributed by atoms with Gasteiger partial charge in [0.25, 0.3) is 0 Å². The molecular formula is C22H27N5O2S2. The zero-order valence-electron chi connectivity index (χ0n) is 18.0. The van der Waals surface area contributed by atoms with Crippen LogP contribution < -0.4 is 0 Å². The monoisotopic (exact) mass is 457 g/mol. The molecule has 0 unspecified atom stereocenters. The molecule has 31 heavy (non-hydrogen) atoms. The third-order valence-electron chi connectivity index (χ3n) is 5.63. The highest BCUT2D eigenvalue weighted by atomic mass is 32.2. The summed E-state index contributed by atoms with van der Waals surface area (Å²) in [6, 6.07) is 15.4. The van der Waals surface area contributed by atoms with Gasteiger partial charge in [0.05, 0.1) is 11.6 Å². The fourth-order valence-electron chi connectivity index (χ4n) is 4.01. The van der Waals surface area contributed by atoms with Gasteiger partial charge in [-0.25, -0.2) is 13.1 Å². The smallest absolute Gasteiger partial charge is 0.243 e. The minimum absolute atomic E-state index is 0.394. The van der Waals surface area contributed by atoms with Crippen LogP contribution in [0.1, 0.15) is 17.0 Å². The van der Waals surface area contributed by atoms with E-state index in [4.69, 9.17) is 12.2 Å². The second-order valence-corrected chi connectivity index (χ2v) is 10.2. The van der Waals surface area contributed by atoms with Gasteiger partial charge in [-0.15, -0.1) is 0 Å². The SMILES string of the molecule is Cc1ccc(S(=O)(=O)N2CCN(Cn3nc(C)n(-c4ccccc4)c3=S)CC2)c(C)c1. The second-order valence-electron chi connectivity index (χ2n) is 7.93. The molecule has 4 rings (SSSR count). The highest BCUT2D eigenvalue weighted by Gasteiger charge is 2.29. The lowest BCUT2D eigenvalue weighted by molar-refractivity contribution is 0.144. The van der Waals surface area contributed by atoms with Gasteiger partial charge in [-0.05, 0) is 56.8 Å². The van der Waals surface area contributed by atoms with E-state index in [0.29, 0.717) is 42.5 Å². The van der Waals surface area contributed by atoms with Gasteiger partial charge in [-0.1, -0.05) is 35.9 Å². The number of benzene rings is 2. The number of sulfonamides is 1. The minimum Gasteiger partial charge on any atom is -0.282 e. The van der Waals surface area contributed by atoms with Crippen molar-refractivity contribution in [2.45, 2.75) is 32.3 Å². The second kappa shape index (κ2) is 8.66. The zero-order valence-corrected chi connectivity index (χ0v) is 19.7. The maximum atomic E-state index is 13.1. The number of para-hydroxylation sites is 1. The Morgan fingerprint density at radius 3 is 2.29 bits per heavy atom. The van der Waals surface area contributed by atoms with Crippen molar-refractivity contribution in [1.82, 2.24) is 23.6 Å². The topological polar surface area (TPSA) is 63.4 Å². The molecular weight excluding hydrogens is 430 g/mol. The van der Waals surface area contributed by atoms with Crippen LogP contribution in [0.15, 0.2) is 53.4 Å². The Labute approximate surface area is 188 Å². The van der Waals surface area contributed by atoms with Crippen molar-refractivity contribution in [3.8, 4) is 5.69 Å². The molecule has 0 saturated carbocycles. The minimum atomic E-state index is -3.49. The molecule has 2 heterocycles. The summed E-state index contributed by atoms with van der Waals surface area (Å²) in [4.78, 5) is 2.58. The lowest BCUT2D eigenvalue weighted by Crippen LogP contribution is -2.49. The summed E-state index contributed by atoms with van der Waals surface area (Å²) in [6.07, 6.45) is 0. The molecule has 9 heteroatoms. The first-order valence-electron chi connectivity index (χ1n) is 10.3. The Kier molecular flexibility index (Phi) is 6.11. The summed E-state index contributed by atoms with van der Waals surface area (Å²) in [5, 5.41) is 4.62. The predicted molar refractivity (Wildman–Crippen MR) is 123 cm³/mol. The van der Waals surface area contributed by atoms with Crippen molar-refractivity contribution in [1.29, 1.82) is 0 Å². The molecule has 1 aromatic heterocycles. The normalized spacial score (nSPS) is 16.0. The highest BCUT2D eigenvalue weighted by molar-refractivity contribution is 7.89. The van der Waals surface area contributed by atoms with E-state index in [1.807, 2.05) is 72.5 Å². The number of hydrogen-bond donors (Lipinski definition) is 0. The highest BCUT2D eigenvalue weighted by Crippen LogP contribution is 2.22. The maximum absolute atomic E-state index is 13.1. The van der Waals surface area contributed by atoms with Gasteiger partial charge in [0.15, 0.2) is 0 Å². The number of hydrogen-bond acceptors (Lipinski definition) is 5. The molecule has 0 atom stereocenters. The van der Waals surface area contributed by atoms with Crippen molar-refractivity contribution in [3.63, 3.8) is 0 Å². The molecule has 1 saturated heterocycles. The summed E-state index contributed by atoms with van der Waals surface area (Å²) in [5.41, 5.74) is 2.83. The standard InChI is InChI=1S/C22H27N5O2S2/c1-17-9-10-21(18(2)15-17)31(28,29)25-13-11-24(12-14-25)16-26-22(30)27(19(3)23-26)20-7-5-4-6-8-20/h4-10,15H,11-14,16H2,1-3H3. The molecule has 0 N–H and O–H groups in total. The van der Waals surface area contributed by atoms with E-state index in [-0.39, 0.29) is 0 Å². The van der Waals surface area contributed by atoms with Crippen LogP contribution in [0, 0.1) is 25.5 Å². The van der Waals surface area contributed by atoms with Crippen molar-refractivity contribution in [3.05, 3.63) is 70.3 Å². The van der Waals surface area contributed by atoms with Crippen molar-refractivity contribution >= 4 is 22.2 Å². The fourth-order valence-corrected chi connectivity index (χ4v) is 5.98. The van der Waals surface area contributed by atoms with Crippen molar-refractivity contribution in [2.75, 3.05) is 26.2 Å². The van der Waals surface area contributed by atoms with Crippen LogP contribution in [0.4, 0.5) is 0 Å². The molecule has 1 aliphatic rings. The maximum Gasteiger partial charge on any atom is 0.243 e. The van der Waals surface area contributed by atoms with Crippen molar-refractivity contribution < 1.29 is 8.42 Å². The molecule has 1 aliphatic heterocycles. The lowest BCUT2D eigenvalue weighted by atomic mass is 10.2. The molecule has 0 aliphatic carbocycles. The van der Waals surface area contributed by atoms with Gasteiger partial charge in [-0.3, -0.25) is 9.47 Å². The van der Waals surface area contributed by atoms with E-state index in [1.54, 1.807) is 10.4 Å². The number of nitrogens with zero attached hydrogens (tertiary/aromatic N) is 5. The van der Waals surface area contributed by atoms with Crippen LogP contribution in [-0.4, -0.2) is 58.1 Å². The van der Waals surface area contributed by atoms with Crippen LogP contribution in [-0.2, 0) is 16.7 Å². The first kappa shape index (κ1) is 21.9. The Balaban J connectivity index is 1.46. The Bertz CT molecular complexity index is 1240. The summed E-state index contributed by atoms with van der Waals surface area (Å²) in [5.74, 6) is 0.826. The van der Waals surface area contributed by atoms with Crippen LogP contribution in [0.3, 0.4) is 0 Å². The Morgan fingerprint density at radius 2 is 1.65 bits per heavy atom. The first-order chi connectivity index (χ1) is 14.8. The number of aromatic nitrogens is 3. The summed E-state index contributed by atoms with van der Waals surface area (Å²) in [6.45, 7) is 8.44. The van der Waals surface area contributed by atoms with E-state index < -0.39 is 10.0 Å². The van der Waals surface area contributed by atoms with Crippen LogP contribution in [0.25, 0.3) is 5.69 Å². The number of rotatable bonds is 5. The third-order valence-corrected chi connectivity index (χ3v) is 8.08. The van der Waals surface area contributed by atoms with E-state index in [1.165, 1.54) is 0 Å². The Hall–Kier alpha value is -2.33. The van der Waals surface area contributed by atoms with Gasteiger partial charge < -0.3 is 0 Å². The molecule has 0 bridgehead atoms. The summed E-state index contributed by atoms with van der Waals surface area (Å²) >= 11 is 5.66. The van der Waals surface area contributed by atoms with E-state index in [9.17, 15) is 8.42 Å². The van der Waals surface area contributed by atoms with Gasteiger partial charge in [0.1, 0.15) is 5.82 Å². The number of piperazine rings is 1. The average molecular weight is 458 g/mol. The average Bonchev–Trinajstić information content (AvgIpc) is 3.01. The molecule has 7 nitrogen and oxygen atoms in total. The summed E-state index contributed by atoms with van der Waals surface area (Å²) < 4.78 is 32.2. The summed E-state index contributed by atoms with van der Waals surface area (Å²) in [7, 11) is -3.49.